The number of hydrogen-bond acceptors (Lipinski definition) is 3. The van der Waals surface area contributed by atoms with Crippen molar-refractivity contribution in [2.24, 2.45) is 0 Å². The molecule has 1 aromatic rings. The minimum absolute atomic E-state index is 0.414. The molecule has 0 saturated heterocycles. The molecule has 0 spiro atoms. The molecule has 0 aliphatic heterocycles. The monoisotopic (exact) mass is 200 g/mol. The van der Waals surface area contributed by atoms with Crippen LogP contribution in [0, 0.1) is 0 Å². The van der Waals surface area contributed by atoms with E-state index in [1.807, 2.05) is 18.4 Å². The van der Waals surface area contributed by atoms with Crippen LogP contribution >= 0.6 is 11.8 Å². The lowest BCUT2D eigenvalue weighted by atomic mass is 10.3. The van der Waals surface area contributed by atoms with E-state index in [2.05, 4.69) is 0 Å². The highest BCUT2D eigenvalue weighted by Gasteiger charge is 2.06. The first kappa shape index (κ1) is 10.1. The molecule has 0 N–H and O–H groups in total. The van der Waals surface area contributed by atoms with E-state index in [4.69, 9.17) is 4.74 Å². The Labute approximate surface area is 80.1 Å². The van der Waals surface area contributed by atoms with E-state index in [1.54, 1.807) is 12.1 Å². The summed E-state index contributed by atoms with van der Waals surface area (Å²) in [6.07, 6.45) is 1.86. The van der Waals surface area contributed by atoms with Crippen molar-refractivity contribution in [3.63, 3.8) is 0 Å². The summed E-state index contributed by atoms with van der Waals surface area (Å²) >= 11 is 1.45. The highest BCUT2D eigenvalue weighted by Crippen LogP contribution is 2.26. The quantitative estimate of drug-likeness (QED) is 0.425. The van der Waals surface area contributed by atoms with Gasteiger partial charge in [0.2, 0.25) is 0 Å². The molecular formula is C9H9FO2S. The van der Waals surface area contributed by atoms with Crippen molar-refractivity contribution in [1.29, 1.82) is 0 Å². The number of thioether (sulfide) groups is 1. The smallest absolute Gasteiger partial charge is 0.342 e. The van der Waals surface area contributed by atoms with E-state index in [0.717, 1.165) is 4.90 Å². The predicted octanol–water partition coefficient (Wildman–Crippen LogP) is 2.28. The van der Waals surface area contributed by atoms with Crippen LogP contribution in [0.2, 0.25) is 0 Å². The Bertz CT molecular complexity index is 301. The van der Waals surface area contributed by atoms with Gasteiger partial charge in [-0.05, 0) is 18.4 Å². The molecule has 0 aromatic heterocycles. The van der Waals surface area contributed by atoms with Gasteiger partial charge < -0.3 is 4.74 Å². The average Bonchev–Trinajstić information content (AvgIpc) is 2.18. The second-order valence-corrected chi connectivity index (χ2v) is 3.11. The number of hydrogen-bond donors (Lipinski definition) is 0. The molecule has 1 rings (SSSR count). The van der Waals surface area contributed by atoms with Crippen LogP contribution < -0.4 is 4.74 Å². The maximum Gasteiger partial charge on any atom is 0.342 e. The summed E-state index contributed by atoms with van der Waals surface area (Å²) in [4.78, 5) is 11.5. The third-order valence-corrected chi connectivity index (χ3v) is 2.18. The second kappa shape index (κ2) is 4.87. The number of para-hydroxylation sites is 1. The molecule has 0 aliphatic carbocycles. The lowest BCUT2D eigenvalue weighted by Gasteiger charge is -2.05. The van der Waals surface area contributed by atoms with Crippen molar-refractivity contribution in [3.05, 3.63) is 24.3 Å². The third kappa shape index (κ3) is 2.73. The van der Waals surface area contributed by atoms with Crippen LogP contribution in [0.15, 0.2) is 29.2 Å². The largest absolute Gasteiger partial charge is 0.423 e. The first-order valence-electron chi connectivity index (χ1n) is 3.67. The first-order valence-corrected chi connectivity index (χ1v) is 4.90. The van der Waals surface area contributed by atoms with E-state index in [-0.39, 0.29) is 0 Å². The molecule has 0 unspecified atom stereocenters. The van der Waals surface area contributed by atoms with E-state index in [1.165, 1.54) is 11.8 Å². The van der Waals surface area contributed by atoms with E-state index in [0.29, 0.717) is 5.75 Å². The van der Waals surface area contributed by atoms with Gasteiger partial charge in [-0.2, -0.15) is 0 Å². The summed E-state index contributed by atoms with van der Waals surface area (Å²) in [5.74, 6) is -0.445. The fourth-order valence-electron chi connectivity index (χ4n) is 0.853. The molecule has 0 amide bonds. The molecule has 0 heterocycles. The predicted molar refractivity (Wildman–Crippen MR) is 49.8 cm³/mol. The van der Waals surface area contributed by atoms with Crippen molar-refractivity contribution < 1.29 is 13.9 Å². The van der Waals surface area contributed by atoms with Crippen molar-refractivity contribution in [2.45, 2.75) is 4.90 Å². The van der Waals surface area contributed by atoms with Gasteiger partial charge >= 0.3 is 5.97 Å². The average molecular weight is 200 g/mol. The minimum Gasteiger partial charge on any atom is -0.423 e. The summed E-state index contributed by atoms with van der Waals surface area (Å²) in [5.41, 5.74) is 0. The van der Waals surface area contributed by atoms with Crippen LogP contribution in [0.25, 0.3) is 0 Å². The zero-order chi connectivity index (χ0) is 9.68. The SMILES string of the molecule is CSc1ccccc1OC(=O)CF. The Morgan fingerprint density at radius 3 is 2.85 bits per heavy atom. The first-order chi connectivity index (χ1) is 6.27. The maximum absolute atomic E-state index is 11.8. The van der Waals surface area contributed by atoms with Crippen LogP contribution in [-0.2, 0) is 4.79 Å². The summed E-state index contributed by atoms with van der Waals surface area (Å²) in [6, 6.07) is 7.02. The number of benzene rings is 1. The minimum atomic E-state index is -1.09. The van der Waals surface area contributed by atoms with E-state index < -0.39 is 12.6 Å². The van der Waals surface area contributed by atoms with Gasteiger partial charge in [0.25, 0.3) is 0 Å². The van der Waals surface area contributed by atoms with Crippen LogP contribution in [0.4, 0.5) is 4.39 Å². The molecule has 4 heteroatoms. The van der Waals surface area contributed by atoms with Gasteiger partial charge in [-0.15, -0.1) is 11.8 Å². The molecular weight excluding hydrogens is 191 g/mol. The van der Waals surface area contributed by atoms with Crippen molar-refractivity contribution in [3.8, 4) is 5.75 Å². The Morgan fingerprint density at radius 1 is 1.54 bits per heavy atom. The lowest BCUT2D eigenvalue weighted by molar-refractivity contribution is -0.135. The van der Waals surface area contributed by atoms with Crippen LogP contribution in [0.1, 0.15) is 0 Å². The Kier molecular flexibility index (Phi) is 3.76. The molecule has 0 saturated carbocycles. The summed E-state index contributed by atoms with van der Waals surface area (Å²) in [6.45, 7) is -1.09. The molecule has 0 fully saturated rings. The molecule has 2 nitrogen and oxygen atoms in total. The van der Waals surface area contributed by atoms with Crippen LogP contribution in [-0.4, -0.2) is 18.9 Å². The number of ether oxygens (including phenoxy) is 1. The van der Waals surface area contributed by atoms with E-state index >= 15 is 0 Å². The summed E-state index contributed by atoms with van der Waals surface area (Å²) in [7, 11) is 0. The molecule has 1 aromatic carbocycles. The Morgan fingerprint density at radius 2 is 2.23 bits per heavy atom. The van der Waals surface area contributed by atoms with Crippen LogP contribution in [0.3, 0.4) is 0 Å². The fourth-order valence-corrected chi connectivity index (χ4v) is 1.38. The van der Waals surface area contributed by atoms with E-state index in [9.17, 15) is 9.18 Å². The number of carbonyl (C=O) groups excluding carboxylic acids is 1. The van der Waals surface area contributed by atoms with Gasteiger partial charge in [-0.3, -0.25) is 0 Å². The lowest BCUT2D eigenvalue weighted by Crippen LogP contribution is -2.09. The zero-order valence-electron chi connectivity index (χ0n) is 7.12. The fraction of sp³-hybridized carbons (Fsp3) is 0.222. The van der Waals surface area contributed by atoms with Gasteiger partial charge in [0.15, 0.2) is 6.67 Å². The molecule has 13 heavy (non-hydrogen) atoms. The number of esters is 1. The highest BCUT2D eigenvalue weighted by molar-refractivity contribution is 7.98. The molecule has 0 aliphatic rings. The van der Waals surface area contributed by atoms with Gasteiger partial charge in [0, 0.05) is 4.90 Å². The summed E-state index contributed by atoms with van der Waals surface area (Å²) in [5, 5.41) is 0. The van der Waals surface area contributed by atoms with Gasteiger partial charge in [0.1, 0.15) is 5.75 Å². The molecule has 0 radical (unpaired) electrons. The summed E-state index contributed by atoms with van der Waals surface area (Å²) < 4.78 is 16.6. The number of rotatable bonds is 3. The van der Waals surface area contributed by atoms with Crippen molar-refractivity contribution in [1.82, 2.24) is 0 Å². The number of alkyl halides is 1. The Balaban J connectivity index is 2.81. The molecule has 0 atom stereocenters. The number of halogens is 1. The number of carbonyl (C=O) groups is 1. The van der Waals surface area contributed by atoms with Gasteiger partial charge in [-0.25, -0.2) is 9.18 Å². The van der Waals surface area contributed by atoms with Gasteiger partial charge in [0.05, 0.1) is 0 Å². The second-order valence-electron chi connectivity index (χ2n) is 2.26. The van der Waals surface area contributed by atoms with Crippen molar-refractivity contribution in [2.75, 3.05) is 12.9 Å². The normalized spacial score (nSPS) is 9.69. The molecule has 70 valence electrons. The van der Waals surface area contributed by atoms with Crippen molar-refractivity contribution >= 4 is 17.7 Å². The van der Waals surface area contributed by atoms with Gasteiger partial charge in [-0.1, -0.05) is 12.1 Å². The third-order valence-electron chi connectivity index (χ3n) is 1.40. The highest BCUT2D eigenvalue weighted by atomic mass is 32.2. The topological polar surface area (TPSA) is 26.3 Å². The van der Waals surface area contributed by atoms with Crippen LogP contribution in [0.5, 0.6) is 5.75 Å². The maximum atomic E-state index is 11.8. The Hall–Kier alpha value is -1.03. The zero-order valence-corrected chi connectivity index (χ0v) is 7.94. The standard InChI is InChI=1S/C9H9FO2S/c1-13-8-5-3-2-4-7(8)12-9(11)6-10/h2-5H,6H2,1H3. The molecule has 0 bridgehead atoms.